The minimum absolute atomic E-state index is 0.748. The molecular weight excluding hydrogens is 148 g/mol. The summed E-state index contributed by atoms with van der Waals surface area (Å²) in [5.41, 5.74) is 3.54. The first-order valence-electron chi connectivity index (χ1n) is 5.30. The molecule has 0 saturated heterocycles. The van der Waals surface area contributed by atoms with E-state index in [0.717, 1.165) is 12.6 Å². The molecule has 0 spiro atoms. The van der Waals surface area contributed by atoms with E-state index in [0.29, 0.717) is 0 Å². The number of rotatable bonds is 3. The van der Waals surface area contributed by atoms with E-state index in [9.17, 15) is 0 Å². The van der Waals surface area contributed by atoms with E-state index >= 15 is 0 Å². The van der Waals surface area contributed by atoms with Crippen LogP contribution in [0.3, 0.4) is 0 Å². The average Bonchev–Trinajstić information content (AvgIpc) is 2.33. The van der Waals surface area contributed by atoms with Crippen LogP contribution in [-0.2, 0) is 0 Å². The Morgan fingerprint density at radius 3 is 2.25 bits per heavy atom. The molecule has 0 heterocycles. The Morgan fingerprint density at radius 1 is 1.17 bits per heavy atom. The van der Waals surface area contributed by atoms with Crippen molar-refractivity contribution in [2.24, 2.45) is 0 Å². The van der Waals surface area contributed by atoms with Crippen molar-refractivity contribution >= 4 is 0 Å². The molecule has 1 aliphatic carbocycles. The van der Waals surface area contributed by atoms with E-state index in [4.69, 9.17) is 0 Å². The predicted octanol–water partition coefficient (Wildman–Crippen LogP) is 2.17. The summed E-state index contributed by atoms with van der Waals surface area (Å²) in [5.74, 6) is 0. The maximum Gasteiger partial charge on any atom is 0.0215 e. The van der Waals surface area contributed by atoms with Gasteiger partial charge in [-0.05, 0) is 12.8 Å². The third-order valence-electron chi connectivity index (χ3n) is 2.73. The summed E-state index contributed by atoms with van der Waals surface area (Å²) in [6, 6.07) is 0.748. The molecule has 0 radical (unpaired) electrons. The Bertz CT molecular complexity index is 106. The van der Waals surface area contributed by atoms with Gasteiger partial charge in [-0.15, -0.1) is 0 Å². The van der Waals surface area contributed by atoms with Crippen LogP contribution < -0.4 is 5.43 Å². The lowest BCUT2D eigenvalue weighted by Crippen LogP contribution is -2.41. The Labute approximate surface area is 76.3 Å². The van der Waals surface area contributed by atoms with Crippen molar-refractivity contribution in [3.63, 3.8) is 0 Å². The van der Waals surface area contributed by atoms with Gasteiger partial charge in [0.2, 0.25) is 0 Å². The van der Waals surface area contributed by atoms with Gasteiger partial charge in [0.05, 0.1) is 0 Å². The molecular formula is C10H22N2. The van der Waals surface area contributed by atoms with Crippen molar-refractivity contribution in [3.8, 4) is 0 Å². The molecule has 0 amide bonds. The largest absolute Gasteiger partial charge is 0.252 e. The second kappa shape index (κ2) is 5.55. The zero-order valence-electron chi connectivity index (χ0n) is 8.47. The van der Waals surface area contributed by atoms with Crippen LogP contribution >= 0.6 is 0 Å². The van der Waals surface area contributed by atoms with Gasteiger partial charge < -0.3 is 0 Å². The molecule has 1 N–H and O–H groups in total. The number of hydrogen-bond acceptors (Lipinski definition) is 2. The predicted molar refractivity (Wildman–Crippen MR) is 52.9 cm³/mol. The highest BCUT2D eigenvalue weighted by molar-refractivity contribution is 4.68. The minimum Gasteiger partial charge on any atom is -0.252 e. The van der Waals surface area contributed by atoms with Crippen LogP contribution in [0.5, 0.6) is 0 Å². The van der Waals surface area contributed by atoms with E-state index in [2.05, 4.69) is 24.4 Å². The standard InChI is InChI=1S/C10H22N2/c1-3-12(2)11-10-8-6-4-5-7-9-10/h10-11H,3-9H2,1-2H3. The molecule has 2 nitrogen and oxygen atoms in total. The molecule has 1 fully saturated rings. The fraction of sp³-hybridized carbons (Fsp3) is 1.00. The van der Waals surface area contributed by atoms with Crippen molar-refractivity contribution in [2.75, 3.05) is 13.6 Å². The van der Waals surface area contributed by atoms with Gasteiger partial charge in [-0.2, -0.15) is 0 Å². The first kappa shape index (κ1) is 10.0. The minimum atomic E-state index is 0.748. The molecule has 0 aromatic rings. The lowest BCUT2D eigenvalue weighted by Gasteiger charge is -2.23. The van der Waals surface area contributed by atoms with E-state index in [1.807, 2.05) is 0 Å². The molecule has 12 heavy (non-hydrogen) atoms. The van der Waals surface area contributed by atoms with Crippen LogP contribution in [0.15, 0.2) is 0 Å². The van der Waals surface area contributed by atoms with Crippen molar-refractivity contribution < 1.29 is 0 Å². The van der Waals surface area contributed by atoms with Gasteiger partial charge in [0, 0.05) is 19.6 Å². The maximum absolute atomic E-state index is 3.54. The van der Waals surface area contributed by atoms with Gasteiger partial charge >= 0.3 is 0 Å². The van der Waals surface area contributed by atoms with Crippen molar-refractivity contribution in [1.82, 2.24) is 10.4 Å². The molecule has 0 atom stereocenters. The zero-order valence-corrected chi connectivity index (χ0v) is 8.47. The van der Waals surface area contributed by atoms with Gasteiger partial charge in [-0.25, -0.2) is 5.01 Å². The Hall–Kier alpha value is -0.0800. The SMILES string of the molecule is CCN(C)NC1CCCCCC1. The Balaban J connectivity index is 2.20. The highest BCUT2D eigenvalue weighted by Crippen LogP contribution is 2.17. The second-order valence-corrected chi connectivity index (χ2v) is 3.83. The zero-order chi connectivity index (χ0) is 8.81. The maximum atomic E-state index is 3.54. The summed E-state index contributed by atoms with van der Waals surface area (Å²) in [5, 5.41) is 2.20. The van der Waals surface area contributed by atoms with Gasteiger partial charge in [-0.3, -0.25) is 5.43 Å². The molecule has 1 aliphatic rings. The lowest BCUT2D eigenvalue weighted by atomic mass is 10.1. The Morgan fingerprint density at radius 2 is 1.75 bits per heavy atom. The van der Waals surface area contributed by atoms with Crippen LogP contribution in [0.4, 0.5) is 0 Å². The molecule has 0 unspecified atom stereocenters. The quantitative estimate of drug-likeness (QED) is 0.516. The monoisotopic (exact) mass is 170 g/mol. The van der Waals surface area contributed by atoms with Crippen LogP contribution in [0.1, 0.15) is 45.4 Å². The molecule has 0 aromatic carbocycles. The summed E-state index contributed by atoms with van der Waals surface area (Å²) >= 11 is 0. The van der Waals surface area contributed by atoms with Crippen LogP contribution in [0, 0.1) is 0 Å². The van der Waals surface area contributed by atoms with Crippen LogP contribution in [0.25, 0.3) is 0 Å². The number of hydrogen-bond donors (Lipinski definition) is 1. The van der Waals surface area contributed by atoms with Gasteiger partial charge in [0.25, 0.3) is 0 Å². The highest BCUT2D eigenvalue weighted by Gasteiger charge is 2.12. The smallest absolute Gasteiger partial charge is 0.0215 e. The van der Waals surface area contributed by atoms with Gasteiger partial charge in [-0.1, -0.05) is 32.6 Å². The first-order chi connectivity index (χ1) is 5.83. The Kier molecular flexibility index (Phi) is 4.62. The summed E-state index contributed by atoms with van der Waals surface area (Å²) in [6.45, 7) is 3.28. The fourth-order valence-corrected chi connectivity index (χ4v) is 1.81. The van der Waals surface area contributed by atoms with Crippen LogP contribution in [0.2, 0.25) is 0 Å². The number of nitrogens with one attached hydrogen (secondary N) is 1. The van der Waals surface area contributed by atoms with E-state index in [1.165, 1.54) is 38.5 Å². The summed E-state index contributed by atoms with van der Waals surface area (Å²) in [4.78, 5) is 0. The summed E-state index contributed by atoms with van der Waals surface area (Å²) in [6.07, 6.45) is 8.43. The summed E-state index contributed by atoms with van der Waals surface area (Å²) in [7, 11) is 2.13. The molecule has 0 aliphatic heterocycles. The topological polar surface area (TPSA) is 15.3 Å². The highest BCUT2D eigenvalue weighted by atomic mass is 15.5. The molecule has 1 rings (SSSR count). The van der Waals surface area contributed by atoms with Crippen molar-refractivity contribution in [1.29, 1.82) is 0 Å². The first-order valence-corrected chi connectivity index (χ1v) is 5.30. The second-order valence-electron chi connectivity index (χ2n) is 3.83. The van der Waals surface area contributed by atoms with Gasteiger partial charge in [0.15, 0.2) is 0 Å². The number of nitrogens with zero attached hydrogens (tertiary/aromatic N) is 1. The van der Waals surface area contributed by atoms with E-state index in [1.54, 1.807) is 0 Å². The third kappa shape index (κ3) is 3.55. The number of hydrazine groups is 1. The average molecular weight is 170 g/mol. The van der Waals surface area contributed by atoms with Crippen LogP contribution in [-0.4, -0.2) is 24.6 Å². The van der Waals surface area contributed by atoms with Crippen molar-refractivity contribution in [3.05, 3.63) is 0 Å². The molecule has 0 bridgehead atoms. The molecule has 0 aromatic heterocycles. The normalized spacial score (nSPS) is 21.2. The van der Waals surface area contributed by atoms with E-state index < -0.39 is 0 Å². The molecule has 72 valence electrons. The lowest BCUT2D eigenvalue weighted by molar-refractivity contribution is 0.196. The summed E-state index contributed by atoms with van der Waals surface area (Å²) < 4.78 is 0. The molecule has 1 saturated carbocycles. The van der Waals surface area contributed by atoms with Crippen molar-refractivity contribution in [2.45, 2.75) is 51.5 Å². The van der Waals surface area contributed by atoms with E-state index in [-0.39, 0.29) is 0 Å². The molecule has 2 heteroatoms. The van der Waals surface area contributed by atoms with Gasteiger partial charge in [0.1, 0.15) is 0 Å². The fourth-order valence-electron chi connectivity index (χ4n) is 1.81. The third-order valence-corrected chi connectivity index (χ3v) is 2.73.